The van der Waals surface area contributed by atoms with E-state index in [1.807, 2.05) is 0 Å². The van der Waals surface area contributed by atoms with Crippen LogP contribution in [0.4, 0.5) is 13.2 Å². The first-order valence-electron chi connectivity index (χ1n) is 4.12. The van der Waals surface area contributed by atoms with Crippen LogP contribution in [0, 0.1) is 0 Å². The zero-order valence-corrected chi connectivity index (χ0v) is 7.82. The predicted molar refractivity (Wildman–Crippen MR) is 48.0 cm³/mol. The van der Waals surface area contributed by atoms with Crippen molar-refractivity contribution in [3.05, 3.63) is 29.3 Å². The first-order valence-corrected chi connectivity index (χ1v) is 4.12. The van der Waals surface area contributed by atoms with Crippen molar-refractivity contribution in [3.8, 4) is 5.75 Å². The molecule has 0 fully saturated rings. The number of carboxylic acids is 1. The summed E-state index contributed by atoms with van der Waals surface area (Å²) in [6.45, 7) is 0. The summed E-state index contributed by atoms with van der Waals surface area (Å²) in [7, 11) is 0. The lowest BCUT2D eigenvalue weighted by atomic mass is 10.0. The lowest BCUT2D eigenvalue weighted by Gasteiger charge is -2.16. The lowest BCUT2D eigenvalue weighted by Crippen LogP contribution is -2.28. The number of rotatable bonds is 2. The molecule has 0 aliphatic heterocycles. The zero-order valence-electron chi connectivity index (χ0n) is 7.82. The maximum atomic E-state index is 12.2. The Labute approximate surface area is 88.1 Å². The molecule has 1 rings (SSSR count). The van der Waals surface area contributed by atoms with Crippen LogP contribution in [0.1, 0.15) is 22.0 Å². The molecule has 1 aromatic carbocycles. The number of hydrogen-bond donors (Lipinski definition) is 3. The third-order valence-corrected chi connectivity index (χ3v) is 1.96. The Morgan fingerprint density at radius 2 is 1.94 bits per heavy atom. The van der Waals surface area contributed by atoms with Gasteiger partial charge in [0, 0.05) is 0 Å². The van der Waals surface area contributed by atoms with Crippen LogP contribution in [0.5, 0.6) is 5.75 Å². The molecule has 0 aromatic heterocycles. The average Bonchev–Trinajstić information content (AvgIpc) is 2.15. The monoisotopic (exact) mass is 235 g/mol. The van der Waals surface area contributed by atoms with Crippen molar-refractivity contribution >= 4 is 5.97 Å². The van der Waals surface area contributed by atoms with Gasteiger partial charge in [-0.05, 0) is 17.7 Å². The molecular formula is C9H8F3NO3. The van der Waals surface area contributed by atoms with Crippen LogP contribution in [0.25, 0.3) is 0 Å². The predicted octanol–water partition coefficient (Wildman–Crippen LogP) is 1.65. The maximum Gasteiger partial charge on any atom is 0.407 e. The standard InChI is InChI=1S/C9H8F3NO3/c10-9(11,12)7(13)4-1-2-6(14)5(3-4)8(15)16/h1-3,7,14H,13H2,(H,15,16)/t7-/m0/s1. The minimum atomic E-state index is -4.66. The van der Waals surface area contributed by atoms with E-state index in [0.717, 1.165) is 12.1 Å². The molecule has 0 spiro atoms. The molecule has 0 aliphatic carbocycles. The van der Waals surface area contributed by atoms with Crippen LogP contribution in [0.2, 0.25) is 0 Å². The van der Waals surface area contributed by atoms with Gasteiger partial charge in [0.1, 0.15) is 17.4 Å². The number of aromatic hydroxyl groups is 1. The van der Waals surface area contributed by atoms with Crippen LogP contribution in [-0.4, -0.2) is 22.4 Å². The third-order valence-electron chi connectivity index (χ3n) is 1.96. The van der Waals surface area contributed by atoms with Gasteiger partial charge in [-0.25, -0.2) is 4.79 Å². The number of aromatic carboxylic acids is 1. The largest absolute Gasteiger partial charge is 0.507 e. The number of nitrogens with two attached hydrogens (primary N) is 1. The molecule has 0 heterocycles. The minimum absolute atomic E-state index is 0.414. The normalized spacial score (nSPS) is 13.5. The second-order valence-corrected chi connectivity index (χ2v) is 3.10. The topological polar surface area (TPSA) is 83.5 Å². The summed E-state index contributed by atoms with van der Waals surface area (Å²) in [4.78, 5) is 10.6. The van der Waals surface area contributed by atoms with Gasteiger partial charge < -0.3 is 15.9 Å². The zero-order chi connectivity index (χ0) is 12.5. The lowest BCUT2D eigenvalue weighted by molar-refractivity contribution is -0.149. The molecule has 0 saturated heterocycles. The summed E-state index contributed by atoms with van der Waals surface area (Å²) >= 11 is 0. The van der Waals surface area contributed by atoms with Crippen molar-refractivity contribution in [3.63, 3.8) is 0 Å². The molecule has 7 heteroatoms. The van der Waals surface area contributed by atoms with Crippen molar-refractivity contribution < 1.29 is 28.2 Å². The van der Waals surface area contributed by atoms with E-state index in [0.29, 0.717) is 6.07 Å². The Hall–Kier alpha value is -1.76. The molecule has 4 N–H and O–H groups in total. The third kappa shape index (κ3) is 2.43. The average molecular weight is 235 g/mol. The van der Waals surface area contributed by atoms with Crippen molar-refractivity contribution in [1.29, 1.82) is 0 Å². The highest BCUT2D eigenvalue weighted by Crippen LogP contribution is 2.32. The fourth-order valence-corrected chi connectivity index (χ4v) is 1.11. The number of alkyl halides is 3. The van der Waals surface area contributed by atoms with E-state index in [2.05, 4.69) is 0 Å². The fraction of sp³-hybridized carbons (Fsp3) is 0.222. The van der Waals surface area contributed by atoms with Gasteiger partial charge in [-0.15, -0.1) is 0 Å². The van der Waals surface area contributed by atoms with Gasteiger partial charge in [0.2, 0.25) is 0 Å². The molecule has 0 amide bonds. The van der Waals surface area contributed by atoms with Crippen molar-refractivity contribution in [1.82, 2.24) is 0 Å². The van der Waals surface area contributed by atoms with Crippen LogP contribution >= 0.6 is 0 Å². The summed E-state index contributed by atoms with van der Waals surface area (Å²) in [5, 5.41) is 17.7. The van der Waals surface area contributed by atoms with Crippen LogP contribution < -0.4 is 5.73 Å². The molecule has 1 aromatic rings. The number of hydrogen-bond acceptors (Lipinski definition) is 3. The molecule has 4 nitrogen and oxygen atoms in total. The summed E-state index contributed by atoms with van der Waals surface area (Å²) in [5.74, 6) is -2.13. The van der Waals surface area contributed by atoms with Crippen molar-refractivity contribution in [2.75, 3.05) is 0 Å². The SMILES string of the molecule is N[C@@H](c1ccc(O)c(C(=O)O)c1)C(F)(F)F. The molecule has 0 unspecified atom stereocenters. The van der Waals surface area contributed by atoms with E-state index in [1.165, 1.54) is 0 Å². The van der Waals surface area contributed by atoms with E-state index in [9.17, 15) is 18.0 Å². The quantitative estimate of drug-likeness (QED) is 0.727. The first kappa shape index (κ1) is 12.3. The Morgan fingerprint density at radius 1 is 1.38 bits per heavy atom. The summed E-state index contributed by atoms with van der Waals surface area (Å²) in [6.07, 6.45) is -4.66. The van der Waals surface area contributed by atoms with E-state index in [4.69, 9.17) is 15.9 Å². The Kier molecular flexibility index (Phi) is 3.09. The number of carboxylic acid groups (broad SMARTS) is 1. The van der Waals surface area contributed by atoms with Gasteiger partial charge in [-0.3, -0.25) is 0 Å². The van der Waals surface area contributed by atoms with Gasteiger partial charge in [-0.1, -0.05) is 6.07 Å². The Bertz CT molecular complexity index is 417. The van der Waals surface area contributed by atoms with Gasteiger partial charge >= 0.3 is 12.1 Å². The first-order chi connectivity index (χ1) is 7.23. The van der Waals surface area contributed by atoms with Crippen LogP contribution in [0.3, 0.4) is 0 Å². The number of carbonyl (C=O) groups is 1. The molecule has 0 bridgehead atoms. The van der Waals surface area contributed by atoms with E-state index in [-0.39, 0.29) is 0 Å². The van der Waals surface area contributed by atoms with E-state index in [1.54, 1.807) is 0 Å². The Morgan fingerprint density at radius 3 is 2.38 bits per heavy atom. The number of benzene rings is 1. The van der Waals surface area contributed by atoms with Gasteiger partial charge in [0.05, 0.1) is 0 Å². The Balaban J connectivity index is 3.18. The fourth-order valence-electron chi connectivity index (χ4n) is 1.11. The van der Waals surface area contributed by atoms with E-state index >= 15 is 0 Å². The minimum Gasteiger partial charge on any atom is -0.507 e. The van der Waals surface area contributed by atoms with Gasteiger partial charge in [-0.2, -0.15) is 13.2 Å². The van der Waals surface area contributed by atoms with Gasteiger partial charge in [0.15, 0.2) is 0 Å². The highest BCUT2D eigenvalue weighted by atomic mass is 19.4. The molecule has 0 aliphatic rings. The second kappa shape index (κ2) is 4.01. The van der Waals surface area contributed by atoms with Gasteiger partial charge in [0.25, 0.3) is 0 Å². The highest BCUT2D eigenvalue weighted by Gasteiger charge is 2.38. The molecule has 1 atom stereocenters. The van der Waals surface area contributed by atoms with Crippen molar-refractivity contribution in [2.45, 2.75) is 12.2 Å². The molecule has 16 heavy (non-hydrogen) atoms. The van der Waals surface area contributed by atoms with Crippen LogP contribution in [0.15, 0.2) is 18.2 Å². The molecular weight excluding hydrogens is 227 g/mol. The molecule has 88 valence electrons. The van der Waals surface area contributed by atoms with Crippen LogP contribution in [-0.2, 0) is 0 Å². The molecule has 0 radical (unpaired) electrons. The number of phenols is 1. The summed E-state index contributed by atoms with van der Waals surface area (Å²) < 4.78 is 36.7. The van der Waals surface area contributed by atoms with E-state index < -0.39 is 35.1 Å². The summed E-state index contributed by atoms with van der Waals surface area (Å²) in [5.41, 5.74) is 3.86. The summed E-state index contributed by atoms with van der Waals surface area (Å²) in [6, 6.07) is 0.228. The van der Waals surface area contributed by atoms with Crippen molar-refractivity contribution in [2.24, 2.45) is 5.73 Å². The smallest absolute Gasteiger partial charge is 0.407 e. The number of halogens is 3. The second-order valence-electron chi connectivity index (χ2n) is 3.10. The highest BCUT2D eigenvalue weighted by molar-refractivity contribution is 5.90. The maximum absolute atomic E-state index is 12.2. The molecule has 0 saturated carbocycles.